The van der Waals surface area contributed by atoms with Crippen LogP contribution < -0.4 is 21.3 Å². The van der Waals surface area contributed by atoms with Gasteiger partial charge in [0, 0.05) is 24.8 Å². The highest BCUT2D eigenvalue weighted by Crippen LogP contribution is 2.43. The fraction of sp³-hybridized carbons (Fsp3) is 0.360. The third-order valence-corrected chi connectivity index (χ3v) is 6.53. The summed E-state index contributed by atoms with van der Waals surface area (Å²) in [5.74, 6) is 1.48. The molecule has 4 N–H and O–H groups in total. The summed E-state index contributed by atoms with van der Waals surface area (Å²) in [4.78, 5) is 25.4. The number of hydrogen-bond donors (Lipinski definition) is 3. The number of ether oxygens (including phenoxy) is 2. The second kappa shape index (κ2) is 11.5. The van der Waals surface area contributed by atoms with Crippen LogP contribution in [0.25, 0.3) is 5.69 Å². The number of nitrogens with zero attached hydrogens (tertiary/aromatic N) is 3. The summed E-state index contributed by atoms with van der Waals surface area (Å²) in [5, 5.41) is 14.5. The Morgan fingerprint density at radius 2 is 2.00 bits per heavy atom. The van der Waals surface area contributed by atoms with Gasteiger partial charge in [-0.3, -0.25) is 9.59 Å². The topological polar surface area (TPSA) is 142 Å². The highest BCUT2D eigenvalue weighted by atomic mass is 35.5. The molecule has 0 radical (unpaired) electrons. The summed E-state index contributed by atoms with van der Waals surface area (Å²) >= 11 is 6.33. The summed E-state index contributed by atoms with van der Waals surface area (Å²) in [6, 6.07) is 11.1. The van der Waals surface area contributed by atoms with Crippen molar-refractivity contribution in [2.45, 2.75) is 31.2 Å². The first kappa shape index (κ1) is 25.6. The zero-order chi connectivity index (χ0) is 25.5. The quantitative estimate of drug-likeness (QED) is 0.404. The standard InChI is InChI=1S/C24H26ClN5O3.CH2O2/c25-22-20(27-12-16-2-1-11-32-15-16)14-29-30(23(22)31)18-5-8-21(28-13-18)33-19-6-3-17(4-7-19)24(26)9-10-24;2-1-3/h3-8,13-14,16,27H,1-2,9-12,15,26H2;1H,(H,2,3). The molecule has 1 saturated carbocycles. The Hall–Kier alpha value is -3.47. The zero-order valence-electron chi connectivity index (χ0n) is 19.6. The van der Waals surface area contributed by atoms with Crippen LogP contribution in [0.2, 0.25) is 5.02 Å². The molecule has 0 amide bonds. The van der Waals surface area contributed by atoms with Crippen LogP contribution in [0.3, 0.4) is 0 Å². The van der Waals surface area contributed by atoms with Crippen LogP contribution in [0.4, 0.5) is 5.69 Å². The molecule has 1 aliphatic carbocycles. The lowest BCUT2D eigenvalue weighted by Crippen LogP contribution is -2.26. The molecule has 2 fully saturated rings. The number of halogens is 1. The zero-order valence-corrected chi connectivity index (χ0v) is 20.4. The average Bonchev–Trinajstić information content (AvgIpc) is 3.65. The molecule has 1 aliphatic heterocycles. The van der Waals surface area contributed by atoms with Crippen molar-refractivity contribution in [1.29, 1.82) is 0 Å². The normalized spacial score (nSPS) is 17.9. The van der Waals surface area contributed by atoms with Gasteiger partial charge in [0.25, 0.3) is 12.0 Å². The van der Waals surface area contributed by atoms with Crippen LogP contribution >= 0.6 is 11.6 Å². The van der Waals surface area contributed by atoms with Crippen molar-refractivity contribution in [3.63, 3.8) is 0 Å². The van der Waals surface area contributed by atoms with Gasteiger partial charge >= 0.3 is 0 Å². The van der Waals surface area contributed by atoms with E-state index in [1.807, 2.05) is 24.3 Å². The average molecular weight is 514 g/mol. The fourth-order valence-electron chi connectivity index (χ4n) is 3.92. The summed E-state index contributed by atoms with van der Waals surface area (Å²) in [5.41, 5.74) is 7.77. The molecule has 3 aromatic rings. The van der Waals surface area contributed by atoms with E-state index in [-0.39, 0.29) is 17.0 Å². The van der Waals surface area contributed by atoms with Crippen molar-refractivity contribution in [3.8, 4) is 17.3 Å². The minimum absolute atomic E-state index is 0.0930. The molecular weight excluding hydrogens is 486 g/mol. The summed E-state index contributed by atoms with van der Waals surface area (Å²) in [6.07, 6.45) is 7.25. The monoisotopic (exact) mass is 513 g/mol. The number of rotatable bonds is 7. The maximum atomic E-state index is 12.8. The van der Waals surface area contributed by atoms with Gasteiger partial charge < -0.3 is 25.6 Å². The van der Waals surface area contributed by atoms with Crippen LogP contribution in [-0.4, -0.2) is 46.1 Å². The Bertz CT molecular complexity index is 1220. The van der Waals surface area contributed by atoms with Crippen LogP contribution in [0, 0.1) is 5.92 Å². The predicted molar refractivity (Wildman–Crippen MR) is 135 cm³/mol. The highest BCUT2D eigenvalue weighted by Gasteiger charge is 2.39. The smallest absolute Gasteiger partial charge is 0.292 e. The number of carboxylic acid groups (broad SMARTS) is 1. The predicted octanol–water partition coefficient (Wildman–Crippen LogP) is 3.56. The van der Waals surface area contributed by atoms with E-state index in [0.717, 1.165) is 37.9 Å². The van der Waals surface area contributed by atoms with E-state index in [1.54, 1.807) is 18.3 Å². The van der Waals surface area contributed by atoms with E-state index in [2.05, 4.69) is 15.4 Å². The van der Waals surface area contributed by atoms with Gasteiger partial charge in [-0.05, 0) is 55.4 Å². The highest BCUT2D eigenvalue weighted by molar-refractivity contribution is 6.32. The molecule has 2 aliphatic rings. The second-order valence-electron chi connectivity index (χ2n) is 8.80. The van der Waals surface area contributed by atoms with Gasteiger partial charge in [0.1, 0.15) is 10.8 Å². The van der Waals surface area contributed by atoms with Crippen molar-refractivity contribution in [2.24, 2.45) is 11.7 Å². The molecule has 1 atom stereocenters. The van der Waals surface area contributed by atoms with E-state index < -0.39 is 5.56 Å². The van der Waals surface area contributed by atoms with Gasteiger partial charge in [-0.15, -0.1) is 0 Å². The maximum absolute atomic E-state index is 12.8. The van der Waals surface area contributed by atoms with Crippen LogP contribution in [0.15, 0.2) is 53.6 Å². The molecule has 0 bridgehead atoms. The number of benzene rings is 1. The minimum atomic E-state index is -0.414. The molecule has 1 unspecified atom stereocenters. The lowest BCUT2D eigenvalue weighted by atomic mass is 10.0. The Balaban J connectivity index is 0.000000967. The molecule has 3 heterocycles. The first-order valence-corrected chi connectivity index (χ1v) is 12.0. The van der Waals surface area contributed by atoms with E-state index in [0.29, 0.717) is 42.1 Å². The van der Waals surface area contributed by atoms with E-state index in [9.17, 15) is 4.79 Å². The molecule has 0 spiro atoms. The van der Waals surface area contributed by atoms with Crippen molar-refractivity contribution in [2.75, 3.05) is 25.1 Å². The Morgan fingerprint density at radius 1 is 1.25 bits per heavy atom. The third kappa shape index (κ3) is 6.20. The number of aromatic nitrogens is 3. The lowest BCUT2D eigenvalue weighted by Gasteiger charge is -2.22. The largest absolute Gasteiger partial charge is 0.483 e. The Kier molecular flexibility index (Phi) is 8.19. The Morgan fingerprint density at radius 3 is 2.61 bits per heavy atom. The van der Waals surface area contributed by atoms with E-state index >= 15 is 0 Å². The molecule has 190 valence electrons. The van der Waals surface area contributed by atoms with Crippen molar-refractivity contribution in [1.82, 2.24) is 14.8 Å². The van der Waals surface area contributed by atoms with Gasteiger partial charge in [0.15, 0.2) is 0 Å². The van der Waals surface area contributed by atoms with Gasteiger partial charge in [0.05, 0.1) is 30.4 Å². The van der Waals surface area contributed by atoms with Gasteiger partial charge in [-0.1, -0.05) is 23.7 Å². The molecule has 5 rings (SSSR count). The molecule has 10 nitrogen and oxygen atoms in total. The van der Waals surface area contributed by atoms with E-state index in [4.69, 9.17) is 36.7 Å². The number of anilines is 1. The second-order valence-corrected chi connectivity index (χ2v) is 9.17. The minimum Gasteiger partial charge on any atom is -0.483 e. The number of carbonyl (C=O) groups is 1. The molecule has 36 heavy (non-hydrogen) atoms. The Labute approximate surface area is 213 Å². The summed E-state index contributed by atoms with van der Waals surface area (Å²) in [7, 11) is 0. The first-order chi connectivity index (χ1) is 17.4. The van der Waals surface area contributed by atoms with Crippen LogP contribution in [0.1, 0.15) is 31.2 Å². The number of pyridine rings is 1. The number of nitrogens with two attached hydrogens (primary N) is 1. The summed E-state index contributed by atoms with van der Waals surface area (Å²) in [6.45, 7) is 1.97. The number of nitrogens with one attached hydrogen (secondary N) is 1. The van der Waals surface area contributed by atoms with E-state index in [1.165, 1.54) is 10.9 Å². The molecule has 11 heteroatoms. The SMILES string of the molecule is NC1(c2ccc(Oc3ccc(-n4ncc(NCC5CCCOC5)c(Cl)c4=O)cn3)cc2)CC1.O=CO. The molecular formula is C25H28ClN5O5. The van der Waals surface area contributed by atoms with Crippen LogP contribution in [-0.2, 0) is 15.1 Å². The molecule has 2 aromatic heterocycles. The molecule has 1 saturated heterocycles. The van der Waals surface area contributed by atoms with Crippen molar-refractivity contribution >= 4 is 23.8 Å². The first-order valence-electron chi connectivity index (χ1n) is 11.6. The van der Waals surface area contributed by atoms with Gasteiger partial charge in [-0.2, -0.15) is 9.78 Å². The third-order valence-electron chi connectivity index (χ3n) is 6.16. The fourth-order valence-corrected chi connectivity index (χ4v) is 4.12. The van der Waals surface area contributed by atoms with Gasteiger partial charge in [0.2, 0.25) is 5.88 Å². The lowest BCUT2D eigenvalue weighted by molar-refractivity contribution is -0.122. The molecule has 1 aromatic carbocycles. The van der Waals surface area contributed by atoms with Gasteiger partial charge in [-0.25, -0.2) is 4.98 Å². The van der Waals surface area contributed by atoms with Crippen molar-refractivity contribution < 1.29 is 19.4 Å². The summed E-state index contributed by atoms with van der Waals surface area (Å²) < 4.78 is 12.5. The number of hydrogen-bond acceptors (Lipinski definition) is 8. The maximum Gasteiger partial charge on any atom is 0.292 e. The van der Waals surface area contributed by atoms with Crippen LogP contribution in [0.5, 0.6) is 11.6 Å². The van der Waals surface area contributed by atoms with Crippen molar-refractivity contribution in [3.05, 3.63) is 69.7 Å².